The number of hydrogen-bond donors (Lipinski definition) is 2. The first kappa shape index (κ1) is 13.8. The molecule has 0 saturated heterocycles. The quantitative estimate of drug-likeness (QED) is 0.650. The lowest BCUT2D eigenvalue weighted by Crippen LogP contribution is -2.40. The molecule has 0 aliphatic carbocycles. The van der Waals surface area contributed by atoms with E-state index in [1.165, 1.54) is 12.3 Å². The van der Waals surface area contributed by atoms with Gasteiger partial charge >= 0.3 is 0 Å². The topological polar surface area (TPSA) is 99.8 Å². The van der Waals surface area contributed by atoms with E-state index in [0.717, 1.165) is 19.0 Å². The van der Waals surface area contributed by atoms with Crippen LogP contribution in [0.15, 0.2) is 21.8 Å². The maximum atomic E-state index is 11.7. The van der Waals surface area contributed by atoms with Crippen LogP contribution in [0.1, 0.15) is 5.69 Å². The predicted octanol–water partition coefficient (Wildman–Crippen LogP) is -1.01. The molecule has 0 saturated carbocycles. The zero-order valence-electron chi connectivity index (χ0n) is 10.7. The van der Waals surface area contributed by atoms with Gasteiger partial charge in [0.1, 0.15) is 12.0 Å². The summed E-state index contributed by atoms with van der Waals surface area (Å²) >= 11 is 0. The Kier molecular flexibility index (Phi) is 4.38. The van der Waals surface area contributed by atoms with Crippen LogP contribution in [-0.2, 0) is 15.8 Å². The second kappa shape index (κ2) is 6.02. The Bertz CT molecular complexity index is 525. The molecular weight excluding hydrogens is 270 g/mol. The molecule has 1 aromatic heterocycles. The average molecular weight is 287 g/mol. The van der Waals surface area contributed by atoms with Gasteiger partial charge in [0.15, 0.2) is 5.96 Å². The van der Waals surface area contributed by atoms with Crippen molar-refractivity contribution in [2.75, 3.05) is 33.2 Å². The summed E-state index contributed by atoms with van der Waals surface area (Å²) < 4.78 is 30.5. The van der Waals surface area contributed by atoms with E-state index < -0.39 is 10.0 Å². The Labute approximate surface area is 111 Å². The molecule has 0 fully saturated rings. The summed E-state index contributed by atoms with van der Waals surface area (Å²) in [6.07, 6.45) is 1.35. The molecule has 2 N–H and O–H groups in total. The molecule has 9 heteroatoms. The molecule has 8 nitrogen and oxygen atoms in total. The molecule has 0 spiro atoms. The Hall–Kier alpha value is -1.61. The van der Waals surface area contributed by atoms with Gasteiger partial charge in [0.2, 0.25) is 10.0 Å². The number of guanidine groups is 1. The SMILES string of the molecule is CN1CCN=C1NCCNS(=O)(=O)Cc1ccon1. The molecule has 2 rings (SSSR count). The minimum absolute atomic E-state index is 0.176. The third-order valence-electron chi connectivity index (χ3n) is 2.62. The highest BCUT2D eigenvalue weighted by Crippen LogP contribution is 2.00. The highest BCUT2D eigenvalue weighted by molar-refractivity contribution is 7.88. The molecule has 0 amide bonds. The standard InChI is InChI=1S/C10H17N5O3S/c1-15-6-5-12-10(15)11-3-4-13-19(16,17)8-9-2-7-18-14-9/h2,7,13H,3-6,8H2,1H3,(H,11,12). The first-order valence-electron chi connectivity index (χ1n) is 5.93. The molecule has 1 aliphatic heterocycles. The van der Waals surface area contributed by atoms with Crippen LogP contribution in [0.5, 0.6) is 0 Å². The van der Waals surface area contributed by atoms with Gasteiger partial charge in [-0.1, -0.05) is 5.16 Å². The number of aliphatic imine (C=N–C) groups is 1. The molecule has 0 atom stereocenters. The minimum Gasteiger partial charge on any atom is -0.364 e. The summed E-state index contributed by atoms with van der Waals surface area (Å²) in [5, 5.41) is 6.64. The number of rotatable bonds is 6. The molecule has 0 bridgehead atoms. The maximum Gasteiger partial charge on any atom is 0.217 e. The zero-order valence-corrected chi connectivity index (χ0v) is 11.5. The van der Waals surface area contributed by atoms with Crippen molar-refractivity contribution < 1.29 is 12.9 Å². The van der Waals surface area contributed by atoms with Crippen molar-refractivity contribution in [3.8, 4) is 0 Å². The monoisotopic (exact) mass is 287 g/mol. The molecule has 0 radical (unpaired) electrons. The van der Waals surface area contributed by atoms with E-state index in [-0.39, 0.29) is 5.75 Å². The van der Waals surface area contributed by atoms with Crippen LogP contribution >= 0.6 is 0 Å². The first-order chi connectivity index (χ1) is 9.07. The maximum absolute atomic E-state index is 11.7. The Balaban J connectivity index is 1.70. The predicted molar refractivity (Wildman–Crippen MR) is 70.1 cm³/mol. The zero-order chi connectivity index (χ0) is 13.7. The van der Waals surface area contributed by atoms with E-state index in [1.807, 2.05) is 11.9 Å². The molecule has 0 aromatic carbocycles. The van der Waals surface area contributed by atoms with E-state index in [2.05, 4.69) is 24.7 Å². The fraction of sp³-hybridized carbons (Fsp3) is 0.600. The van der Waals surface area contributed by atoms with E-state index in [1.54, 1.807) is 0 Å². The molecule has 19 heavy (non-hydrogen) atoms. The summed E-state index contributed by atoms with van der Waals surface area (Å²) in [6, 6.07) is 1.53. The van der Waals surface area contributed by atoms with Gasteiger partial charge in [-0.05, 0) is 0 Å². The summed E-state index contributed by atoms with van der Waals surface area (Å²) in [5.74, 6) is 0.625. The van der Waals surface area contributed by atoms with Crippen LogP contribution in [0.3, 0.4) is 0 Å². The summed E-state index contributed by atoms with van der Waals surface area (Å²) in [4.78, 5) is 6.23. The Morgan fingerprint density at radius 2 is 2.32 bits per heavy atom. The normalized spacial score (nSPS) is 15.6. The van der Waals surface area contributed by atoms with Gasteiger partial charge in [0.05, 0.1) is 12.2 Å². The number of nitrogens with one attached hydrogen (secondary N) is 2. The number of sulfonamides is 1. The molecule has 0 unspecified atom stereocenters. The van der Waals surface area contributed by atoms with Crippen molar-refractivity contribution in [3.05, 3.63) is 18.0 Å². The first-order valence-corrected chi connectivity index (χ1v) is 7.58. The molecule has 106 valence electrons. The Morgan fingerprint density at radius 1 is 1.47 bits per heavy atom. The van der Waals surface area contributed by atoms with Crippen LogP contribution in [0.25, 0.3) is 0 Å². The lowest BCUT2D eigenvalue weighted by atomic mass is 10.5. The van der Waals surface area contributed by atoms with Gasteiger partial charge in [0.25, 0.3) is 0 Å². The number of nitrogens with zero attached hydrogens (tertiary/aromatic N) is 3. The third-order valence-corrected chi connectivity index (χ3v) is 3.94. The number of likely N-dealkylation sites (N-methyl/N-ethyl adjacent to an activating group) is 1. The van der Waals surface area contributed by atoms with E-state index in [9.17, 15) is 8.42 Å². The highest BCUT2D eigenvalue weighted by Gasteiger charge is 2.14. The van der Waals surface area contributed by atoms with Crippen LogP contribution in [0.4, 0.5) is 0 Å². The fourth-order valence-corrected chi connectivity index (χ4v) is 2.72. The number of aromatic nitrogens is 1. The smallest absolute Gasteiger partial charge is 0.217 e. The van der Waals surface area contributed by atoms with Gasteiger partial charge in [0, 0.05) is 32.7 Å². The second-order valence-corrected chi connectivity index (χ2v) is 6.00. The van der Waals surface area contributed by atoms with Gasteiger partial charge in [-0.25, -0.2) is 13.1 Å². The fourth-order valence-electron chi connectivity index (χ4n) is 1.66. The largest absolute Gasteiger partial charge is 0.364 e. The summed E-state index contributed by atoms with van der Waals surface area (Å²) in [6.45, 7) is 2.45. The average Bonchev–Trinajstić information content (AvgIpc) is 2.96. The molecule has 1 aromatic rings. The lowest BCUT2D eigenvalue weighted by molar-refractivity contribution is 0.413. The van der Waals surface area contributed by atoms with Crippen LogP contribution in [-0.4, -0.2) is 57.7 Å². The van der Waals surface area contributed by atoms with Crippen LogP contribution in [0, 0.1) is 0 Å². The molecule has 1 aliphatic rings. The minimum atomic E-state index is -3.38. The second-order valence-electron chi connectivity index (χ2n) is 4.20. The molecule has 2 heterocycles. The van der Waals surface area contributed by atoms with Gasteiger partial charge in [-0.15, -0.1) is 0 Å². The highest BCUT2D eigenvalue weighted by atomic mass is 32.2. The third kappa shape index (κ3) is 4.21. The van der Waals surface area contributed by atoms with Crippen molar-refractivity contribution in [1.29, 1.82) is 0 Å². The van der Waals surface area contributed by atoms with Crippen molar-refractivity contribution >= 4 is 16.0 Å². The van der Waals surface area contributed by atoms with E-state index in [0.29, 0.717) is 18.8 Å². The van der Waals surface area contributed by atoms with Crippen molar-refractivity contribution in [1.82, 2.24) is 20.1 Å². The lowest BCUT2D eigenvalue weighted by Gasteiger charge is -2.15. The summed E-state index contributed by atoms with van der Waals surface area (Å²) in [7, 11) is -1.44. The van der Waals surface area contributed by atoms with Crippen molar-refractivity contribution in [3.63, 3.8) is 0 Å². The van der Waals surface area contributed by atoms with Crippen LogP contribution < -0.4 is 10.0 Å². The Morgan fingerprint density at radius 3 is 2.95 bits per heavy atom. The van der Waals surface area contributed by atoms with Gasteiger partial charge in [-0.2, -0.15) is 0 Å². The number of hydrogen-bond acceptors (Lipinski definition) is 7. The van der Waals surface area contributed by atoms with Crippen LogP contribution in [0.2, 0.25) is 0 Å². The van der Waals surface area contributed by atoms with Crippen molar-refractivity contribution in [2.24, 2.45) is 4.99 Å². The summed E-state index contributed by atoms with van der Waals surface area (Å²) in [5.41, 5.74) is 0.389. The van der Waals surface area contributed by atoms with Gasteiger partial charge < -0.3 is 14.7 Å². The van der Waals surface area contributed by atoms with Gasteiger partial charge in [-0.3, -0.25) is 4.99 Å². The molecular formula is C10H17N5O3S. The van der Waals surface area contributed by atoms with E-state index >= 15 is 0 Å². The van der Waals surface area contributed by atoms with Crippen molar-refractivity contribution in [2.45, 2.75) is 5.75 Å². The van der Waals surface area contributed by atoms with E-state index in [4.69, 9.17) is 0 Å².